The van der Waals surface area contributed by atoms with Gasteiger partial charge in [-0.05, 0) is 6.42 Å². The van der Waals surface area contributed by atoms with E-state index in [2.05, 4.69) is 15.4 Å². The molecular weight excluding hydrogens is 188 g/mol. The van der Waals surface area contributed by atoms with Gasteiger partial charge in [0.1, 0.15) is 0 Å². The summed E-state index contributed by atoms with van der Waals surface area (Å²) in [6, 6.07) is -0.408. The van der Waals surface area contributed by atoms with Crippen LogP contribution < -0.4 is 9.44 Å². The third-order valence-corrected chi connectivity index (χ3v) is 2.67. The van der Waals surface area contributed by atoms with E-state index in [1.54, 1.807) is 6.92 Å². The molecule has 4 nitrogen and oxygen atoms in total. The third-order valence-electron chi connectivity index (χ3n) is 1.41. The maximum Gasteiger partial charge on any atom is 0.277 e. The number of hydrogen-bond acceptors (Lipinski definition) is 2. The molecule has 76 valence electrons. The predicted octanol–water partition coefficient (Wildman–Crippen LogP) is 0.232. The van der Waals surface area contributed by atoms with Crippen molar-refractivity contribution >= 4 is 10.2 Å². The van der Waals surface area contributed by atoms with Crippen molar-refractivity contribution < 1.29 is 8.42 Å². The molecule has 0 amide bonds. The van der Waals surface area contributed by atoms with Gasteiger partial charge in [-0.3, -0.25) is 0 Å². The van der Waals surface area contributed by atoms with E-state index in [1.165, 1.54) is 0 Å². The second-order valence-corrected chi connectivity index (χ2v) is 4.16. The third kappa shape index (κ3) is 5.64. The van der Waals surface area contributed by atoms with Crippen molar-refractivity contribution in [3.05, 3.63) is 0 Å². The Morgan fingerprint density at radius 2 is 2.08 bits per heavy atom. The van der Waals surface area contributed by atoms with Crippen LogP contribution in [0.3, 0.4) is 0 Å². The zero-order valence-corrected chi connectivity index (χ0v) is 8.82. The summed E-state index contributed by atoms with van der Waals surface area (Å²) in [6.45, 7) is 4.02. The zero-order chi connectivity index (χ0) is 10.3. The summed E-state index contributed by atoms with van der Waals surface area (Å²) in [5.41, 5.74) is 0. The first kappa shape index (κ1) is 12.4. The van der Waals surface area contributed by atoms with Crippen LogP contribution in [0, 0.1) is 12.3 Å². The first-order valence-corrected chi connectivity index (χ1v) is 5.77. The van der Waals surface area contributed by atoms with Crippen molar-refractivity contribution in [2.75, 3.05) is 6.54 Å². The van der Waals surface area contributed by atoms with Gasteiger partial charge >= 0.3 is 0 Å². The number of terminal acetylenes is 1. The summed E-state index contributed by atoms with van der Waals surface area (Å²) in [7, 11) is -3.41. The van der Waals surface area contributed by atoms with Crippen LogP contribution in [-0.2, 0) is 10.2 Å². The number of rotatable bonds is 6. The van der Waals surface area contributed by atoms with Crippen molar-refractivity contribution in [2.24, 2.45) is 0 Å². The number of nitrogens with one attached hydrogen (secondary N) is 2. The van der Waals surface area contributed by atoms with E-state index >= 15 is 0 Å². The molecule has 0 saturated carbocycles. The highest BCUT2D eigenvalue weighted by molar-refractivity contribution is 7.87. The predicted molar refractivity (Wildman–Crippen MR) is 53.3 cm³/mol. The second kappa shape index (κ2) is 5.97. The molecule has 0 aliphatic carbocycles. The van der Waals surface area contributed by atoms with Crippen molar-refractivity contribution in [3.8, 4) is 12.3 Å². The van der Waals surface area contributed by atoms with Crippen molar-refractivity contribution in [2.45, 2.75) is 32.7 Å². The average molecular weight is 204 g/mol. The van der Waals surface area contributed by atoms with Crippen molar-refractivity contribution in [1.82, 2.24) is 9.44 Å². The molecule has 0 radical (unpaired) electrons. The first-order valence-electron chi connectivity index (χ1n) is 4.28. The van der Waals surface area contributed by atoms with Crippen LogP contribution in [-0.4, -0.2) is 21.0 Å². The van der Waals surface area contributed by atoms with E-state index in [-0.39, 0.29) is 0 Å². The van der Waals surface area contributed by atoms with E-state index < -0.39 is 16.3 Å². The highest BCUT2D eigenvalue weighted by Gasteiger charge is 2.13. The quantitative estimate of drug-likeness (QED) is 0.609. The summed E-state index contributed by atoms with van der Waals surface area (Å²) in [5.74, 6) is 2.39. The molecule has 2 N–H and O–H groups in total. The van der Waals surface area contributed by atoms with Gasteiger partial charge in [-0.2, -0.15) is 13.1 Å². The molecule has 0 fully saturated rings. The summed E-state index contributed by atoms with van der Waals surface area (Å²) in [6.07, 6.45) is 6.66. The monoisotopic (exact) mass is 204 g/mol. The molecule has 0 aromatic carbocycles. The van der Waals surface area contributed by atoms with Gasteiger partial charge < -0.3 is 0 Å². The van der Waals surface area contributed by atoms with Crippen LogP contribution in [0.4, 0.5) is 0 Å². The van der Waals surface area contributed by atoms with E-state index in [1.807, 2.05) is 6.92 Å². The molecule has 13 heavy (non-hydrogen) atoms. The molecule has 0 rings (SSSR count). The van der Waals surface area contributed by atoms with Gasteiger partial charge in [-0.25, -0.2) is 4.72 Å². The highest BCUT2D eigenvalue weighted by Crippen LogP contribution is 1.95. The SMILES string of the molecule is C#CC(CCC)NS(=O)(=O)NCC. The van der Waals surface area contributed by atoms with Gasteiger partial charge in [0.15, 0.2) is 0 Å². The largest absolute Gasteiger partial charge is 0.277 e. The van der Waals surface area contributed by atoms with Crippen LogP contribution in [0.5, 0.6) is 0 Å². The summed E-state index contributed by atoms with van der Waals surface area (Å²) < 4.78 is 27.0. The molecule has 0 heterocycles. The molecule has 5 heteroatoms. The number of hydrogen-bond donors (Lipinski definition) is 2. The van der Waals surface area contributed by atoms with Crippen molar-refractivity contribution in [3.63, 3.8) is 0 Å². The Morgan fingerprint density at radius 1 is 1.46 bits per heavy atom. The minimum atomic E-state index is -3.41. The lowest BCUT2D eigenvalue weighted by atomic mass is 10.2. The fraction of sp³-hybridized carbons (Fsp3) is 0.750. The van der Waals surface area contributed by atoms with Gasteiger partial charge in [-0.15, -0.1) is 6.42 Å². The van der Waals surface area contributed by atoms with Crippen molar-refractivity contribution in [1.29, 1.82) is 0 Å². The minimum absolute atomic E-state index is 0.360. The Hall–Kier alpha value is -0.570. The average Bonchev–Trinajstić information content (AvgIpc) is 2.03. The summed E-state index contributed by atoms with van der Waals surface area (Å²) >= 11 is 0. The van der Waals surface area contributed by atoms with Gasteiger partial charge in [0, 0.05) is 6.54 Å². The van der Waals surface area contributed by atoms with E-state index in [9.17, 15) is 8.42 Å². The first-order chi connectivity index (χ1) is 6.05. The molecule has 0 saturated heterocycles. The molecular formula is C8H16N2O2S. The van der Waals surface area contributed by atoms with E-state index in [4.69, 9.17) is 6.42 Å². The maximum atomic E-state index is 11.2. The topological polar surface area (TPSA) is 58.2 Å². The standard InChI is InChI=1S/C8H16N2O2S/c1-4-7-8(5-2)10-13(11,12)9-6-3/h2,8-10H,4,6-7H2,1,3H3. The second-order valence-electron chi connectivity index (χ2n) is 2.63. The molecule has 1 unspecified atom stereocenters. The summed E-state index contributed by atoms with van der Waals surface area (Å²) in [5, 5.41) is 0. The fourth-order valence-electron chi connectivity index (χ4n) is 0.884. The Labute approximate surface area is 80.3 Å². The zero-order valence-electron chi connectivity index (χ0n) is 8.00. The molecule has 0 aromatic heterocycles. The summed E-state index contributed by atoms with van der Waals surface area (Å²) in [4.78, 5) is 0. The lowest BCUT2D eigenvalue weighted by Gasteiger charge is -2.11. The van der Waals surface area contributed by atoms with Gasteiger partial charge in [0.25, 0.3) is 10.2 Å². The normalized spacial score (nSPS) is 13.6. The smallest absolute Gasteiger partial charge is 0.203 e. The molecule has 0 bridgehead atoms. The Kier molecular flexibility index (Phi) is 5.71. The highest BCUT2D eigenvalue weighted by atomic mass is 32.2. The molecule has 0 spiro atoms. The lowest BCUT2D eigenvalue weighted by Crippen LogP contribution is -2.41. The fourth-order valence-corrected chi connectivity index (χ4v) is 1.91. The molecule has 0 aliphatic heterocycles. The van der Waals surface area contributed by atoms with Crippen LogP contribution in [0.25, 0.3) is 0 Å². The Balaban J connectivity index is 4.16. The molecule has 1 atom stereocenters. The van der Waals surface area contributed by atoms with Gasteiger partial charge in [0.2, 0.25) is 0 Å². The van der Waals surface area contributed by atoms with Gasteiger partial charge in [0.05, 0.1) is 6.04 Å². The maximum absolute atomic E-state index is 11.2. The van der Waals surface area contributed by atoms with Crippen LogP contribution in [0.15, 0.2) is 0 Å². The van der Waals surface area contributed by atoms with Crippen LogP contribution >= 0.6 is 0 Å². The molecule has 0 aliphatic rings. The van der Waals surface area contributed by atoms with Gasteiger partial charge in [-0.1, -0.05) is 26.2 Å². The minimum Gasteiger partial charge on any atom is -0.203 e. The van der Waals surface area contributed by atoms with Crippen LogP contribution in [0.2, 0.25) is 0 Å². The van der Waals surface area contributed by atoms with Crippen LogP contribution in [0.1, 0.15) is 26.7 Å². The van der Waals surface area contributed by atoms with E-state index in [0.717, 1.165) is 6.42 Å². The molecule has 0 aromatic rings. The lowest BCUT2D eigenvalue weighted by molar-refractivity contribution is 0.552. The Morgan fingerprint density at radius 3 is 2.46 bits per heavy atom. The van der Waals surface area contributed by atoms with E-state index in [0.29, 0.717) is 13.0 Å². The Bertz CT molecular complexity index is 266.